The van der Waals surface area contributed by atoms with Gasteiger partial charge in [-0.3, -0.25) is 9.69 Å². The van der Waals surface area contributed by atoms with E-state index >= 15 is 0 Å². The van der Waals surface area contributed by atoms with E-state index in [0.29, 0.717) is 13.1 Å². The number of nitrogens with zero attached hydrogens (tertiary/aromatic N) is 1. The van der Waals surface area contributed by atoms with Crippen molar-refractivity contribution in [2.24, 2.45) is 0 Å². The lowest BCUT2D eigenvalue weighted by atomic mass is 9.99. The second-order valence-electron chi connectivity index (χ2n) is 8.44. The average Bonchev–Trinajstić information content (AvgIpc) is 2.81. The molecule has 1 aliphatic rings. The normalized spacial score (nSPS) is 14.3. The van der Waals surface area contributed by atoms with Gasteiger partial charge in [-0.15, -0.1) is 13.2 Å². The summed E-state index contributed by atoms with van der Waals surface area (Å²) in [5, 5.41) is 5.20. The van der Waals surface area contributed by atoms with E-state index in [1.54, 1.807) is 12.1 Å². The molecule has 1 N–H and O–H groups in total. The molecule has 1 amide bonds. The Morgan fingerprint density at radius 2 is 1.82 bits per heavy atom. The summed E-state index contributed by atoms with van der Waals surface area (Å²) < 4.78 is 41.5. The zero-order chi connectivity index (χ0) is 24.0. The maximum atomic E-state index is 12.5. The molecule has 0 fully saturated rings. The molecule has 0 atom stereocenters. The van der Waals surface area contributed by atoms with Crippen molar-refractivity contribution in [2.45, 2.75) is 32.2 Å². The Kier molecular flexibility index (Phi) is 7.53. The van der Waals surface area contributed by atoms with Crippen molar-refractivity contribution in [2.75, 3.05) is 19.6 Å². The lowest BCUT2D eigenvalue weighted by Gasteiger charge is -2.29. The van der Waals surface area contributed by atoms with Crippen LogP contribution in [0.1, 0.15) is 29.5 Å². The average molecular weight is 469 g/mol. The molecule has 0 saturated carbocycles. The molecule has 34 heavy (non-hydrogen) atoms. The van der Waals surface area contributed by atoms with Crippen molar-refractivity contribution < 1.29 is 22.7 Å². The third kappa shape index (κ3) is 6.84. The lowest BCUT2D eigenvalue weighted by molar-refractivity contribution is -0.274. The van der Waals surface area contributed by atoms with Crippen LogP contribution in [0.4, 0.5) is 13.2 Å². The van der Waals surface area contributed by atoms with E-state index in [1.165, 1.54) is 12.1 Å². The fourth-order valence-corrected chi connectivity index (χ4v) is 4.19. The molecule has 3 aromatic carbocycles. The number of benzene rings is 3. The Morgan fingerprint density at radius 1 is 1.00 bits per heavy atom. The predicted molar refractivity (Wildman–Crippen MR) is 127 cm³/mol. The molecule has 0 unspecified atom stereocenters. The van der Waals surface area contributed by atoms with Gasteiger partial charge in [0.05, 0.1) is 0 Å². The van der Waals surface area contributed by atoms with E-state index in [0.717, 1.165) is 59.8 Å². The van der Waals surface area contributed by atoms with Gasteiger partial charge in [0.1, 0.15) is 5.75 Å². The zero-order valence-corrected chi connectivity index (χ0v) is 18.8. The SMILES string of the molecule is O=C(/C=C/c1ccc2ccccc2c1)NCCCCN1CCc2ccc(OC(F)(F)F)cc2C1. The number of hydrogen-bond acceptors (Lipinski definition) is 3. The van der Waals surface area contributed by atoms with Gasteiger partial charge in [0.25, 0.3) is 0 Å². The molecular weight excluding hydrogens is 441 g/mol. The number of ether oxygens (including phenoxy) is 1. The molecule has 0 bridgehead atoms. The number of alkyl halides is 3. The number of rotatable bonds is 8. The highest BCUT2D eigenvalue weighted by Crippen LogP contribution is 2.28. The van der Waals surface area contributed by atoms with E-state index in [9.17, 15) is 18.0 Å². The second-order valence-corrected chi connectivity index (χ2v) is 8.44. The zero-order valence-electron chi connectivity index (χ0n) is 18.8. The Balaban J connectivity index is 1.17. The lowest BCUT2D eigenvalue weighted by Crippen LogP contribution is -2.32. The highest BCUT2D eigenvalue weighted by molar-refractivity contribution is 5.92. The summed E-state index contributed by atoms with van der Waals surface area (Å²) in [6.07, 6.45) is 1.20. The van der Waals surface area contributed by atoms with Crippen molar-refractivity contribution in [1.29, 1.82) is 0 Å². The van der Waals surface area contributed by atoms with Gasteiger partial charge < -0.3 is 10.1 Å². The molecule has 178 valence electrons. The minimum absolute atomic E-state index is 0.128. The maximum absolute atomic E-state index is 12.5. The molecule has 3 aromatic rings. The third-order valence-corrected chi connectivity index (χ3v) is 5.90. The molecule has 0 aliphatic carbocycles. The number of nitrogens with one attached hydrogen (secondary N) is 1. The van der Waals surface area contributed by atoms with Gasteiger partial charge in [-0.25, -0.2) is 0 Å². The first-order valence-electron chi connectivity index (χ1n) is 11.4. The van der Waals surface area contributed by atoms with Gasteiger partial charge in [0.2, 0.25) is 5.91 Å². The number of unbranched alkanes of at least 4 members (excludes halogenated alkanes) is 1. The quantitative estimate of drug-likeness (QED) is 0.340. The Morgan fingerprint density at radius 3 is 2.65 bits per heavy atom. The number of halogens is 3. The van der Waals surface area contributed by atoms with Crippen LogP contribution in [0.3, 0.4) is 0 Å². The van der Waals surface area contributed by atoms with Crippen LogP contribution in [0.15, 0.2) is 66.7 Å². The van der Waals surface area contributed by atoms with E-state index in [-0.39, 0.29) is 11.7 Å². The van der Waals surface area contributed by atoms with E-state index < -0.39 is 6.36 Å². The van der Waals surface area contributed by atoms with Crippen molar-refractivity contribution in [3.8, 4) is 5.75 Å². The van der Waals surface area contributed by atoms with Gasteiger partial charge >= 0.3 is 6.36 Å². The monoisotopic (exact) mass is 468 g/mol. The number of fused-ring (bicyclic) bond motifs is 2. The summed E-state index contributed by atoms with van der Waals surface area (Å²) in [7, 11) is 0. The van der Waals surface area contributed by atoms with Gasteiger partial charge in [0.15, 0.2) is 0 Å². The predicted octanol–water partition coefficient (Wildman–Crippen LogP) is 5.71. The largest absolute Gasteiger partial charge is 0.573 e. The van der Waals surface area contributed by atoms with Crippen LogP contribution in [0.5, 0.6) is 5.75 Å². The van der Waals surface area contributed by atoms with Crippen molar-refractivity contribution in [1.82, 2.24) is 10.2 Å². The number of carbonyl (C=O) groups excluding carboxylic acids is 1. The topological polar surface area (TPSA) is 41.6 Å². The number of hydrogen-bond donors (Lipinski definition) is 1. The van der Waals surface area contributed by atoms with Crippen LogP contribution in [0.2, 0.25) is 0 Å². The van der Waals surface area contributed by atoms with Crippen LogP contribution >= 0.6 is 0 Å². The molecule has 7 heteroatoms. The smallest absolute Gasteiger partial charge is 0.406 e. The molecule has 0 radical (unpaired) electrons. The van der Waals surface area contributed by atoms with Crippen LogP contribution in [0.25, 0.3) is 16.8 Å². The molecule has 0 aromatic heterocycles. The molecule has 1 heterocycles. The number of amides is 1. The molecule has 4 nitrogen and oxygen atoms in total. The molecule has 0 spiro atoms. The van der Waals surface area contributed by atoms with E-state index in [4.69, 9.17) is 0 Å². The van der Waals surface area contributed by atoms with Crippen LogP contribution < -0.4 is 10.1 Å². The standard InChI is InChI=1S/C27H27F3N2O2/c28-27(29,30)34-25-11-10-22-13-16-32(19-24(22)18-25)15-4-3-14-31-26(33)12-8-20-7-9-21-5-1-2-6-23(21)17-20/h1-2,5-12,17-18H,3-4,13-16,19H2,(H,31,33)/b12-8+. The Labute approximate surface area is 197 Å². The summed E-state index contributed by atoms with van der Waals surface area (Å²) in [5.74, 6) is -0.301. The second kappa shape index (κ2) is 10.7. The first kappa shape index (κ1) is 23.8. The summed E-state index contributed by atoms with van der Waals surface area (Å²) >= 11 is 0. The summed E-state index contributed by atoms with van der Waals surface area (Å²) in [4.78, 5) is 14.3. The van der Waals surface area contributed by atoms with Gasteiger partial charge in [-0.1, -0.05) is 42.5 Å². The highest BCUT2D eigenvalue weighted by atomic mass is 19.4. The van der Waals surface area contributed by atoms with Crippen LogP contribution in [-0.2, 0) is 17.8 Å². The Bertz CT molecular complexity index is 1170. The summed E-state index contributed by atoms with van der Waals surface area (Å²) in [6, 6.07) is 18.7. The number of carbonyl (C=O) groups is 1. The summed E-state index contributed by atoms with van der Waals surface area (Å²) in [5.41, 5.74) is 2.92. The van der Waals surface area contributed by atoms with E-state index in [2.05, 4.69) is 21.0 Å². The van der Waals surface area contributed by atoms with Crippen molar-refractivity contribution in [3.05, 3.63) is 83.4 Å². The minimum Gasteiger partial charge on any atom is -0.406 e. The third-order valence-electron chi connectivity index (χ3n) is 5.90. The fraction of sp³-hybridized carbons (Fsp3) is 0.296. The van der Waals surface area contributed by atoms with Gasteiger partial charge in [-0.05, 0) is 77.5 Å². The van der Waals surface area contributed by atoms with Crippen LogP contribution in [-0.4, -0.2) is 36.8 Å². The van der Waals surface area contributed by atoms with E-state index in [1.807, 2.05) is 42.5 Å². The minimum atomic E-state index is -4.68. The molecule has 0 saturated heterocycles. The summed E-state index contributed by atoms with van der Waals surface area (Å²) in [6.45, 7) is 2.88. The van der Waals surface area contributed by atoms with Crippen molar-refractivity contribution in [3.63, 3.8) is 0 Å². The first-order chi connectivity index (χ1) is 16.4. The molecule has 4 rings (SSSR count). The van der Waals surface area contributed by atoms with Crippen LogP contribution in [0, 0.1) is 0 Å². The first-order valence-corrected chi connectivity index (χ1v) is 11.4. The molecule has 1 aliphatic heterocycles. The van der Waals surface area contributed by atoms with Crippen molar-refractivity contribution >= 4 is 22.8 Å². The Hall–Kier alpha value is -3.32. The fourth-order valence-electron chi connectivity index (χ4n) is 4.19. The molecular formula is C27H27F3N2O2. The maximum Gasteiger partial charge on any atom is 0.573 e. The van der Waals surface area contributed by atoms with Gasteiger partial charge in [0, 0.05) is 25.7 Å². The van der Waals surface area contributed by atoms with Gasteiger partial charge in [-0.2, -0.15) is 0 Å². The highest BCUT2D eigenvalue weighted by Gasteiger charge is 2.31.